The Balaban J connectivity index is 1.15. The Morgan fingerprint density at radius 2 is 1.85 bits per heavy atom. The quantitative estimate of drug-likeness (QED) is 0.196. The highest BCUT2D eigenvalue weighted by Crippen LogP contribution is 2.65. The van der Waals surface area contributed by atoms with E-state index in [-0.39, 0.29) is 48.3 Å². The molecule has 2 bridgehead atoms. The second-order valence-corrected chi connectivity index (χ2v) is 16.3. The Kier molecular flexibility index (Phi) is 9.65. The lowest BCUT2D eigenvalue weighted by Crippen LogP contribution is -2.65. The highest BCUT2D eigenvalue weighted by Gasteiger charge is 2.68. The molecule has 4 fully saturated rings. The highest BCUT2D eigenvalue weighted by molar-refractivity contribution is 6.47. The maximum atomic E-state index is 14.4. The standard InChI is InChI=1S/C39H47BF3N5O6/c1-7-31(40-53-30-17-24-16-29(36(24,2)3)38(30,5)54-40)47-33(50)27-18-37(4,19-32(49)46-25-13-8-9-14-28(25)52-6)35-45-21-26(34(51)48(27)35)44-20-22-11-10-12-23(15-22)39(41,42)43/h8-15,21,24,27,29-31,44H,7,16-20H2,1-6H3,(H,46,49)(H,47,50). The molecular weight excluding hydrogens is 702 g/mol. The van der Waals surface area contributed by atoms with Crippen LogP contribution < -0.4 is 26.2 Å². The molecule has 8 rings (SSSR count). The van der Waals surface area contributed by atoms with Gasteiger partial charge in [-0.1, -0.05) is 52.0 Å². The lowest BCUT2D eigenvalue weighted by Gasteiger charge is -2.64. The first-order chi connectivity index (χ1) is 25.5. The normalized spacial score (nSPS) is 28.4. The number of carbonyl (C=O) groups is 2. The van der Waals surface area contributed by atoms with E-state index in [1.54, 1.807) is 31.2 Å². The Hall–Kier alpha value is -4.37. The van der Waals surface area contributed by atoms with Crippen molar-refractivity contribution in [2.45, 2.75) is 109 Å². The van der Waals surface area contributed by atoms with Gasteiger partial charge >= 0.3 is 13.3 Å². The van der Waals surface area contributed by atoms with E-state index in [4.69, 9.17) is 14.0 Å². The molecule has 0 radical (unpaired) electrons. The van der Waals surface area contributed by atoms with Gasteiger partial charge < -0.3 is 30.0 Å². The van der Waals surface area contributed by atoms with Gasteiger partial charge in [-0.05, 0) is 79.7 Å². The minimum absolute atomic E-state index is 0.00443. The zero-order valence-electron chi connectivity index (χ0n) is 31.4. The van der Waals surface area contributed by atoms with Gasteiger partial charge in [0.15, 0.2) is 0 Å². The van der Waals surface area contributed by atoms with E-state index in [1.807, 2.05) is 6.92 Å². The average molecular weight is 750 g/mol. The first-order valence-electron chi connectivity index (χ1n) is 18.6. The summed E-state index contributed by atoms with van der Waals surface area (Å²) >= 11 is 0. The predicted octanol–water partition coefficient (Wildman–Crippen LogP) is 6.28. The molecule has 0 spiro atoms. The van der Waals surface area contributed by atoms with E-state index in [0.29, 0.717) is 35.3 Å². The van der Waals surface area contributed by atoms with Gasteiger partial charge in [0.1, 0.15) is 23.3 Å². The predicted molar refractivity (Wildman–Crippen MR) is 197 cm³/mol. The van der Waals surface area contributed by atoms with Crippen molar-refractivity contribution in [2.24, 2.45) is 17.3 Å². The lowest BCUT2D eigenvalue weighted by atomic mass is 9.43. The number of carbonyl (C=O) groups excluding carboxylic acids is 2. The number of para-hydroxylation sites is 2. The smallest absolute Gasteiger partial charge is 0.481 e. The number of nitrogens with zero attached hydrogens (tertiary/aromatic N) is 2. The van der Waals surface area contributed by atoms with Crippen LogP contribution in [0.25, 0.3) is 0 Å². The average Bonchev–Trinajstić information content (AvgIpc) is 3.64. The SMILES string of the molecule is CCC(NC(=O)C1CC(C)(CC(=O)Nc2ccccc2OC)c2ncc(NCc3cccc(C(F)(F)F)c3)c(=O)n21)B1OC2CC3CC(C3(C)C)C2(C)O1. The fraction of sp³-hybridized carbons (Fsp3) is 0.538. The number of hydrogen-bond acceptors (Lipinski definition) is 8. The summed E-state index contributed by atoms with van der Waals surface area (Å²) in [4.78, 5) is 46.8. The molecule has 54 heavy (non-hydrogen) atoms. The molecule has 3 aromatic rings. The Morgan fingerprint density at radius 1 is 1.09 bits per heavy atom. The molecule has 5 aliphatic rings. The zero-order chi connectivity index (χ0) is 38.8. The van der Waals surface area contributed by atoms with Crippen molar-refractivity contribution in [3.8, 4) is 5.75 Å². The molecule has 3 N–H and O–H groups in total. The monoisotopic (exact) mass is 749 g/mol. The number of alkyl halides is 3. The molecule has 2 aliphatic heterocycles. The molecule has 11 nitrogen and oxygen atoms in total. The van der Waals surface area contributed by atoms with E-state index >= 15 is 0 Å². The van der Waals surface area contributed by atoms with Gasteiger partial charge in [-0.2, -0.15) is 13.2 Å². The third-order valence-electron chi connectivity index (χ3n) is 12.5. The molecule has 3 aliphatic carbocycles. The second kappa shape index (κ2) is 13.7. The molecular formula is C39H47BF3N5O6. The number of halogens is 3. The van der Waals surface area contributed by atoms with Crippen LogP contribution in [-0.4, -0.2) is 53.2 Å². The molecule has 7 atom stereocenters. The maximum Gasteiger partial charge on any atom is 0.481 e. The number of aromatic nitrogens is 2. The van der Waals surface area contributed by atoms with Crippen molar-refractivity contribution >= 4 is 30.3 Å². The minimum Gasteiger partial charge on any atom is -0.495 e. The molecule has 3 heterocycles. The number of anilines is 2. The summed E-state index contributed by atoms with van der Waals surface area (Å²) in [5.74, 6) is 0.274. The van der Waals surface area contributed by atoms with Crippen LogP contribution in [0.3, 0.4) is 0 Å². The van der Waals surface area contributed by atoms with Crippen LogP contribution in [0.5, 0.6) is 5.75 Å². The van der Waals surface area contributed by atoms with Gasteiger partial charge in [-0.3, -0.25) is 19.0 Å². The lowest BCUT2D eigenvalue weighted by molar-refractivity contribution is -0.199. The number of benzene rings is 2. The fourth-order valence-electron chi connectivity index (χ4n) is 9.36. The first-order valence-corrected chi connectivity index (χ1v) is 18.6. The van der Waals surface area contributed by atoms with E-state index in [0.717, 1.165) is 25.0 Å². The summed E-state index contributed by atoms with van der Waals surface area (Å²) in [5.41, 5.74) is -1.99. The fourth-order valence-corrected chi connectivity index (χ4v) is 9.36. The zero-order valence-corrected chi connectivity index (χ0v) is 31.4. The van der Waals surface area contributed by atoms with Gasteiger partial charge in [-0.25, -0.2) is 4.98 Å². The summed E-state index contributed by atoms with van der Waals surface area (Å²) in [6.45, 7) is 10.3. The van der Waals surface area contributed by atoms with Crippen LogP contribution in [0.15, 0.2) is 59.5 Å². The number of fused-ring (bicyclic) bond motifs is 1. The summed E-state index contributed by atoms with van der Waals surface area (Å²) in [6.07, 6.45) is -0.847. The summed E-state index contributed by atoms with van der Waals surface area (Å²) in [5, 5.41) is 8.93. The van der Waals surface area contributed by atoms with Crippen LogP contribution in [0, 0.1) is 17.3 Å². The van der Waals surface area contributed by atoms with Gasteiger partial charge in [0, 0.05) is 18.4 Å². The second-order valence-electron chi connectivity index (χ2n) is 16.3. The summed E-state index contributed by atoms with van der Waals surface area (Å²) in [6, 6.07) is 10.7. The maximum absolute atomic E-state index is 14.4. The van der Waals surface area contributed by atoms with Crippen molar-refractivity contribution in [1.29, 1.82) is 0 Å². The van der Waals surface area contributed by atoms with Crippen LogP contribution in [0.1, 0.15) is 89.7 Å². The largest absolute Gasteiger partial charge is 0.495 e. The number of methoxy groups -OCH3 is 1. The third kappa shape index (κ3) is 6.56. The van der Waals surface area contributed by atoms with Crippen LogP contribution in [-0.2, 0) is 37.0 Å². The molecule has 288 valence electrons. The Bertz CT molecular complexity index is 2010. The van der Waals surface area contributed by atoms with Crippen LogP contribution in [0.2, 0.25) is 0 Å². The molecule has 1 aromatic heterocycles. The molecule has 7 unspecified atom stereocenters. The van der Waals surface area contributed by atoms with Gasteiger partial charge in [0.05, 0.1) is 42.2 Å². The number of nitrogens with one attached hydrogen (secondary N) is 3. The van der Waals surface area contributed by atoms with Crippen molar-refractivity contribution in [3.05, 3.63) is 82.0 Å². The molecule has 2 aromatic carbocycles. The van der Waals surface area contributed by atoms with Gasteiger partial charge in [0.25, 0.3) is 5.56 Å². The molecule has 2 amide bonds. The van der Waals surface area contributed by atoms with Crippen molar-refractivity contribution in [3.63, 3.8) is 0 Å². The molecule has 3 saturated carbocycles. The van der Waals surface area contributed by atoms with Crippen molar-refractivity contribution in [2.75, 3.05) is 17.7 Å². The van der Waals surface area contributed by atoms with E-state index in [9.17, 15) is 27.6 Å². The molecule has 1 saturated heterocycles. The molecule has 15 heteroatoms. The number of rotatable bonds is 11. The van der Waals surface area contributed by atoms with Crippen molar-refractivity contribution in [1.82, 2.24) is 14.9 Å². The number of hydrogen-bond donors (Lipinski definition) is 3. The Morgan fingerprint density at radius 3 is 2.56 bits per heavy atom. The minimum atomic E-state index is -4.52. The van der Waals surface area contributed by atoms with Crippen molar-refractivity contribution < 1.29 is 36.8 Å². The van der Waals surface area contributed by atoms with Gasteiger partial charge in [0.2, 0.25) is 11.8 Å². The highest BCUT2D eigenvalue weighted by atomic mass is 19.4. The topological polar surface area (TPSA) is 133 Å². The number of ether oxygens (including phenoxy) is 1. The van der Waals surface area contributed by atoms with E-state index in [2.05, 4.69) is 41.7 Å². The van der Waals surface area contributed by atoms with Crippen LogP contribution >= 0.6 is 0 Å². The first kappa shape index (κ1) is 37.9. The Labute approximate surface area is 312 Å². The summed E-state index contributed by atoms with van der Waals surface area (Å²) < 4.78 is 60.0. The van der Waals surface area contributed by atoms with Gasteiger partial charge in [-0.15, -0.1) is 0 Å². The third-order valence-corrected chi connectivity index (χ3v) is 12.5. The van der Waals surface area contributed by atoms with Crippen LogP contribution in [0.4, 0.5) is 24.5 Å². The van der Waals surface area contributed by atoms with E-state index < -0.39 is 53.3 Å². The number of amides is 2. The summed E-state index contributed by atoms with van der Waals surface area (Å²) in [7, 11) is 0.818. The van der Waals surface area contributed by atoms with E-state index in [1.165, 1.54) is 30.0 Å².